The lowest BCUT2D eigenvalue weighted by Gasteiger charge is -2.40. The molecule has 2 aliphatic rings. The normalized spacial score (nSPS) is 38.6. The Hall–Kier alpha value is -1.38. The van der Waals surface area contributed by atoms with Crippen LogP contribution >= 0.6 is 0 Å². The first-order valence-electron chi connectivity index (χ1n) is 10.6. The number of rotatable bonds is 9. The Morgan fingerprint density at radius 1 is 0.844 bits per heavy atom. The van der Waals surface area contributed by atoms with Crippen LogP contribution in [0.4, 0.5) is 0 Å². The first-order chi connectivity index (χ1) is 15.2. The van der Waals surface area contributed by atoms with Crippen LogP contribution in [0, 0.1) is 0 Å². The van der Waals surface area contributed by atoms with Crippen molar-refractivity contribution < 1.29 is 54.7 Å². The van der Waals surface area contributed by atoms with E-state index < -0.39 is 68.0 Å². The molecule has 1 aromatic carbocycles. The fraction of sp³-hybridized carbons (Fsp3) is 0.714. The van der Waals surface area contributed by atoms with Gasteiger partial charge in [-0.05, 0) is 37.5 Å². The molecule has 0 saturated carbocycles. The first-order valence-corrected chi connectivity index (χ1v) is 10.6. The van der Waals surface area contributed by atoms with Crippen LogP contribution < -0.4 is 4.74 Å². The topological polar surface area (TPSA) is 179 Å². The minimum absolute atomic E-state index is 0.352. The lowest BCUT2D eigenvalue weighted by molar-refractivity contribution is -0.290. The van der Waals surface area contributed by atoms with Crippen molar-refractivity contribution in [3.8, 4) is 5.75 Å². The molecule has 0 aromatic heterocycles. The van der Waals surface area contributed by atoms with Crippen LogP contribution in [0.15, 0.2) is 24.3 Å². The van der Waals surface area contributed by atoms with Crippen molar-refractivity contribution in [2.24, 2.45) is 0 Å². The van der Waals surface area contributed by atoms with Gasteiger partial charge in [0.2, 0.25) is 6.29 Å². The fourth-order valence-corrected chi connectivity index (χ4v) is 3.59. The Labute approximate surface area is 185 Å². The Morgan fingerprint density at radius 3 is 2.03 bits per heavy atom. The van der Waals surface area contributed by atoms with Gasteiger partial charge >= 0.3 is 0 Å². The molecule has 10 atom stereocenters. The highest BCUT2D eigenvalue weighted by atomic mass is 16.7. The molecule has 32 heavy (non-hydrogen) atoms. The largest absolute Gasteiger partial charge is 0.462 e. The summed E-state index contributed by atoms with van der Waals surface area (Å²) < 4.78 is 21.8. The summed E-state index contributed by atoms with van der Waals surface area (Å²) in [5.74, 6) is 0.363. The maximum atomic E-state index is 10.3. The molecule has 2 aliphatic heterocycles. The van der Waals surface area contributed by atoms with Crippen LogP contribution in [0.5, 0.6) is 5.75 Å². The van der Waals surface area contributed by atoms with Gasteiger partial charge in [0.15, 0.2) is 6.29 Å². The number of hydrogen-bond acceptors (Lipinski definition) is 11. The summed E-state index contributed by atoms with van der Waals surface area (Å²) in [4.78, 5) is 0. The third-order valence-corrected chi connectivity index (χ3v) is 5.62. The van der Waals surface area contributed by atoms with Crippen molar-refractivity contribution in [3.05, 3.63) is 29.8 Å². The maximum absolute atomic E-state index is 10.3. The van der Waals surface area contributed by atoms with Gasteiger partial charge in [0.25, 0.3) is 0 Å². The summed E-state index contributed by atoms with van der Waals surface area (Å²) in [6, 6.07) is 6.94. The molecule has 0 bridgehead atoms. The zero-order valence-electron chi connectivity index (χ0n) is 17.7. The summed E-state index contributed by atoms with van der Waals surface area (Å²) in [5, 5.41) is 68.9. The molecule has 7 N–H and O–H groups in total. The van der Waals surface area contributed by atoms with Crippen molar-refractivity contribution in [3.63, 3.8) is 0 Å². The molecule has 182 valence electrons. The van der Waals surface area contributed by atoms with Gasteiger partial charge in [-0.2, -0.15) is 0 Å². The van der Waals surface area contributed by atoms with Crippen LogP contribution in [0.2, 0.25) is 0 Å². The molecule has 0 radical (unpaired) electrons. The first kappa shape index (κ1) is 25.2. The van der Waals surface area contributed by atoms with E-state index in [1.165, 1.54) is 0 Å². The highest BCUT2D eigenvalue weighted by molar-refractivity contribution is 5.27. The molecular formula is C21H32O11. The van der Waals surface area contributed by atoms with Gasteiger partial charge in [0, 0.05) is 0 Å². The second kappa shape index (κ2) is 11.2. The minimum Gasteiger partial charge on any atom is -0.462 e. The predicted octanol–water partition coefficient (Wildman–Crippen LogP) is -2.36. The monoisotopic (exact) mass is 460 g/mol. The number of aliphatic hydroxyl groups excluding tert-OH is 7. The van der Waals surface area contributed by atoms with E-state index in [1.807, 2.05) is 0 Å². The summed E-state index contributed by atoms with van der Waals surface area (Å²) >= 11 is 0. The van der Waals surface area contributed by atoms with E-state index in [9.17, 15) is 30.6 Å². The number of aliphatic hydroxyl groups is 7. The van der Waals surface area contributed by atoms with Crippen molar-refractivity contribution in [1.82, 2.24) is 0 Å². The quantitative estimate of drug-likeness (QED) is 0.210. The summed E-state index contributed by atoms with van der Waals surface area (Å²) in [6.07, 6.45) is -11.2. The van der Waals surface area contributed by atoms with E-state index in [0.717, 1.165) is 5.56 Å². The molecule has 3 rings (SSSR count). The number of benzene rings is 1. The van der Waals surface area contributed by atoms with Gasteiger partial charge in [0.1, 0.15) is 48.5 Å². The Balaban J connectivity index is 1.58. The van der Waals surface area contributed by atoms with Crippen LogP contribution in [-0.2, 0) is 20.6 Å². The maximum Gasteiger partial charge on any atom is 0.229 e. The highest BCUT2D eigenvalue weighted by Crippen LogP contribution is 2.27. The van der Waals surface area contributed by atoms with Gasteiger partial charge in [-0.1, -0.05) is 12.1 Å². The Kier molecular flexibility index (Phi) is 8.81. The summed E-state index contributed by atoms with van der Waals surface area (Å²) in [6.45, 7) is 0.848. The number of aryl methyl sites for hydroxylation is 1. The van der Waals surface area contributed by atoms with Gasteiger partial charge < -0.3 is 54.7 Å². The van der Waals surface area contributed by atoms with Crippen LogP contribution in [0.25, 0.3) is 0 Å². The molecule has 2 saturated heterocycles. The molecule has 0 aliphatic carbocycles. The van der Waals surface area contributed by atoms with Crippen LogP contribution in [0.3, 0.4) is 0 Å². The summed E-state index contributed by atoms with van der Waals surface area (Å²) in [5.41, 5.74) is 0.989. The average Bonchev–Trinajstić information content (AvgIpc) is 3.06. The Morgan fingerprint density at radius 2 is 1.44 bits per heavy atom. The SMILES string of the molecule is C[C@@H](O)CCc1ccc(O[C@@H]2O[C@H](CO[C@H]3O[C@@H](CO)[C@H](O)[C@H]3O)[C@@H](O)[C@H](O)[C@H]2O)cc1. The second-order valence-corrected chi connectivity index (χ2v) is 8.20. The second-order valence-electron chi connectivity index (χ2n) is 8.20. The molecule has 1 aromatic rings. The molecular weight excluding hydrogens is 428 g/mol. The Bertz CT molecular complexity index is 699. The number of hydrogen-bond donors (Lipinski definition) is 7. The molecule has 11 nitrogen and oxygen atoms in total. The smallest absolute Gasteiger partial charge is 0.229 e. The van der Waals surface area contributed by atoms with Crippen molar-refractivity contribution >= 4 is 0 Å². The third-order valence-electron chi connectivity index (χ3n) is 5.62. The van der Waals surface area contributed by atoms with Crippen molar-refractivity contribution in [1.29, 1.82) is 0 Å². The van der Waals surface area contributed by atoms with Gasteiger partial charge in [-0.25, -0.2) is 0 Å². The van der Waals surface area contributed by atoms with E-state index in [-0.39, 0.29) is 6.61 Å². The minimum atomic E-state index is -1.59. The van der Waals surface area contributed by atoms with Gasteiger partial charge in [-0.15, -0.1) is 0 Å². The highest BCUT2D eigenvalue weighted by Gasteiger charge is 2.47. The molecule has 0 amide bonds. The zero-order valence-corrected chi connectivity index (χ0v) is 17.7. The summed E-state index contributed by atoms with van der Waals surface area (Å²) in [7, 11) is 0. The molecule has 2 fully saturated rings. The molecule has 0 unspecified atom stereocenters. The lowest BCUT2D eigenvalue weighted by atomic mass is 9.99. The van der Waals surface area contributed by atoms with Crippen LogP contribution in [-0.4, -0.2) is 110 Å². The van der Waals surface area contributed by atoms with Crippen molar-refractivity contribution in [2.75, 3.05) is 13.2 Å². The van der Waals surface area contributed by atoms with E-state index in [2.05, 4.69) is 0 Å². The van der Waals surface area contributed by atoms with Crippen molar-refractivity contribution in [2.45, 2.75) is 81.2 Å². The van der Waals surface area contributed by atoms with E-state index in [1.54, 1.807) is 31.2 Å². The predicted molar refractivity (Wildman–Crippen MR) is 107 cm³/mol. The number of ether oxygens (including phenoxy) is 4. The van der Waals surface area contributed by atoms with E-state index in [0.29, 0.717) is 18.6 Å². The molecule has 2 heterocycles. The van der Waals surface area contributed by atoms with Gasteiger partial charge in [0.05, 0.1) is 19.3 Å². The lowest BCUT2D eigenvalue weighted by Crippen LogP contribution is -2.60. The van der Waals surface area contributed by atoms with Gasteiger partial charge in [-0.3, -0.25) is 0 Å². The third kappa shape index (κ3) is 5.94. The van der Waals surface area contributed by atoms with Crippen LogP contribution in [0.1, 0.15) is 18.9 Å². The zero-order chi connectivity index (χ0) is 23.4. The molecule has 11 heteroatoms. The fourth-order valence-electron chi connectivity index (χ4n) is 3.59. The molecule has 0 spiro atoms. The van der Waals surface area contributed by atoms with E-state index in [4.69, 9.17) is 24.1 Å². The van der Waals surface area contributed by atoms with E-state index >= 15 is 0 Å². The standard InChI is InChI=1S/C21H32O11/c1-10(23)2-3-11-4-6-12(7-5-11)30-21-19(28)17(26)16(25)14(32-21)9-29-20-18(27)15(24)13(8-22)31-20/h4-7,10,13-28H,2-3,8-9H2,1H3/t10-,13+,14-,15+,16-,17+,18-,19-,20+,21-/m1/s1. The average molecular weight is 460 g/mol.